The van der Waals surface area contributed by atoms with Gasteiger partial charge in [-0.2, -0.15) is 0 Å². The zero-order valence-corrected chi connectivity index (χ0v) is 14.8. The molecule has 0 radical (unpaired) electrons. The van der Waals surface area contributed by atoms with Crippen LogP contribution in [0.2, 0.25) is 0 Å². The first-order chi connectivity index (χ1) is 11.8. The first-order valence-corrected chi connectivity index (χ1v) is 9.23. The van der Waals surface area contributed by atoms with Crippen LogP contribution in [0.15, 0.2) is 84.9 Å². The molecule has 0 unspecified atom stereocenters. The molecule has 0 N–H and O–H groups in total. The topological polar surface area (TPSA) is 18.5 Å². The van der Waals surface area contributed by atoms with E-state index in [1.54, 1.807) is 14.2 Å². The van der Waals surface area contributed by atoms with Crippen LogP contribution < -0.4 is 15.9 Å². The fraction of sp³-hybridized carbons (Fsp3) is 0.143. The van der Waals surface area contributed by atoms with E-state index in [-0.39, 0.29) is 6.29 Å². The van der Waals surface area contributed by atoms with Crippen LogP contribution in [-0.2, 0) is 9.47 Å². The number of hydrogen-bond acceptors (Lipinski definition) is 2. The summed E-state index contributed by atoms with van der Waals surface area (Å²) < 4.78 is 10.7. The predicted molar refractivity (Wildman–Crippen MR) is 102 cm³/mol. The highest BCUT2D eigenvalue weighted by Gasteiger charge is 2.17. The Labute approximate surface area is 144 Å². The molecule has 0 atom stereocenters. The lowest BCUT2D eigenvalue weighted by atomic mass is 10.2. The highest BCUT2D eigenvalue weighted by atomic mass is 31.1. The first kappa shape index (κ1) is 16.9. The van der Waals surface area contributed by atoms with Crippen molar-refractivity contribution >= 4 is 23.8 Å². The van der Waals surface area contributed by atoms with Crippen LogP contribution in [0.4, 0.5) is 0 Å². The Bertz CT molecular complexity index is 698. The molecule has 2 nitrogen and oxygen atoms in total. The van der Waals surface area contributed by atoms with E-state index in [4.69, 9.17) is 9.47 Å². The lowest BCUT2D eigenvalue weighted by molar-refractivity contribution is -0.106. The Balaban J connectivity index is 2.00. The van der Waals surface area contributed by atoms with E-state index in [9.17, 15) is 0 Å². The summed E-state index contributed by atoms with van der Waals surface area (Å²) >= 11 is 0. The molecule has 122 valence electrons. The molecule has 24 heavy (non-hydrogen) atoms. The summed E-state index contributed by atoms with van der Waals surface area (Å²) in [7, 11) is 2.74. The molecule has 3 aromatic carbocycles. The zero-order valence-electron chi connectivity index (χ0n) is 13.9. The lowest BCUT2D eigenvalue weighted by Gasteiger charge is -2.20. The van der Waals surface area contributed by atoms with Gasteiger partial charge in [0.05, 0.1) is 0 Å². The summed E-state index contributed by atoms with van der Waals surface area (Å²) in [4.78, 5) is 0. The van der Waals surface area contributed by atoms with Gasteiger partial charge in [0.2, 0.25) is 0 Å². The highest BCUT2D eigenvalue weighted by molar-refractivity contribution is 7.79. The summed E-state index contributed by atoms with van der Waals surface area (Å²) in [6, 6.07) is 29.9. The molecule has 0 amide bonds. The largest absolute Gasteiger partial charge is 0.352 e. The standard InChI is InChI=1S/C21H21O2P/c1-22-21(23-2)17-13-15-20(16-14-17)24(18-9-5-3-6-10-18)19-11-7-4-8-12-19/h3-16,21H,1-2H3. The average molecular weight is 336 g/mol. The van der Waals surface area contributed by atoms with E-state index < -0.39 is 7.92 Å². The van der Waals surface area contributed by atoms with Crippen LogP contribution in [0.5, 0.6) is 0 Å². The van der Waals surface area contributed by atoms with Gasteiger partial charge in [0, 0.05) is 19.8 Å². The Kier molecular flexibility index (Phi) is 5.77. The van der Waals surface area contributed by atoms with Crippen LogP contribution in [0, 0.1) is 0 Å². The number of methoxy groups -OCH3 is 2. The quantitative estimate of drug-likeness (QED) is 0.504. The molecule has 0 aliphatic heterocycles. The molecule has 3 aromatic rings. The van der Waals surface area contributed by atoms with E-state index in [2.05, 4.69) is 84.9 Å². The minimum atomic E-state index is -0.568. The summed E-state index contributed by atoms with van der Waals surface area (Å²) in [5, 5.41) is 4.01. The molecule has 0 heterocycles. The maximum absolute atomic E-state index is 5.34. The van der Waals surface area contributed by atoms with Gasteiger partial charge >= 0.3 is 0 Å². The van der Waals surface area contributed by atoms with Crippen molar-refractivity contribution in [1.82, 2.24) is 0 Å². The van der Waals surface area contributed by atoms with Crippen molar-refractivity contribution < 1.29 is 9.47 Å². The molecule has 0 aliphatic carbocycles. The van der Waals surface area contributed by atoms with Crippen molar-refractivity contribution in [1.29, 1.82) is 0 Å². The van der Waals surface area contributed by atoms with Crippen molar-refractivity contribution in [2.45, 2.75) is 6.29 Å². The van der Waals surface area contributed by atoms with E-state index >= 15 is 0 Å². The van der Waals surface area contributed by atoms with Gasteiger partial charge in [-0.15, -0.1) is 0 Å². The predicted octanol–water partition coefficient (Wildman–Crippen LogP) is 3.74. The maximum Gasteiger partial charge on any atom is 0.183 e. The number of ether oxygens (including phenoxy) is 2. The van der Waals surface area contributed by atoms with Gasteiger partial charge in [-0.3, -0.25) is 0 Å². The smallest absolute Gasteiger partial charge is 0.183 e. The molecule has 3 heteroatoms. The van der Waals surface area contributed by atoms with Gasteiger partial charge in [-0.25, -0.2) is 0 Å². The van der Waals surface area contributed by atoms with E-state index in [1.807, 2.05) is 0 Å². The zero-order chi connectivity index (χ0) is 16.8. The van der Waals surface area contributed by atoms with Crippen molar-refractivity contribution in [2.24, 2.45) is 0 Å². The summed E-state index contributed by atoms with van der Waals surface area (Å²) in [6.07, 6.45) is -0.321. The Morgan fingerprint density at radius 3 is 1.42 bits per heavy atom. The number of benzene rings is 3. The van der Waals surface area contributed by atoms with Crippen LogP contribution >= 0.6 is 7.92 Å². The SMILES string of the molecule is COC(OC)c1ccc(P(c2ccccc2)c2ccccc2)cc1. The average Bonchev–Trinajstić information content (AvgIpc) is 2.66. The number of rotatable bonds is 6. The second-order valence-electron chi connectivity index (χ2n) is 5.40. The van der Waals surface area contributed by atoms with Crippen LogP contribution in [0.25, 0.3) is 0 Å². The molecule has 3 rings (SSSR count). The normalized spacial score (nSPS) is 11.2. The summed E-state index contributed by atoms with van der Waals surface area (Å²) in [6.45, 7) is 0. The van der Waals surface area contributed by atoms with Gasteiger partial charge in [-0.1, -0.05) is 84.9 Å². The molecule has 0 fully saturated rings. The second-order valence-corrected chi connectivity index (χ2v) is 7.62. The lowest BCUT2D eigenvalue weighted by Crippen LogP contribution is -2.20. The minimum absolute atomic E-state index is 0.321. The Hall–Kier alpha value is -1.99. The van der Waals surface area contributed by atoms with E-state index in [1.165, 1.54) is 15.9 Å². The molecule has 0 bridgehead atoms. The van der Waals surface area contributed by atoms with Crippen LogP contribution in [0.1, 0.15) is 11.9 Å². The van der Waals surface area contributed by atoms with Crippen LogP contribution in [0.3, 0.4) is 0 Å². The van der Waals surface area contributed by atoms with Crippen molar-refractivity contribution in [3.05, 3.63) is 90.5 Å². The molecular weight excluding hydrogens is 315 g/mol. The molecule has 0 aliphatic rings. The second kappa shape index (κ2) is 8.21. The molecule has 0 aromatic heterocycles. The van der Waals surface area contributed by atoms with Crippen LogP contribution in [-0.4, -0.2) is 14.2 Å². The van der Waals surface area contributed by atoms with Crippen molar-refractivity contribution in [3.63, 3.8) is 0 Å². The van der Waals surface area contributed by atoms with Gasteiger partial charge in [0.1, 0.15) is 0 Å². The van der Waals surface area contributed by atoms with Gasteiger partial charge in [0.15, 0.2) is 6.29 Å². The first-order valence-electron chi connectivity index (χ1n) is 7.89. The maximum atomic E-state index is 5.34. The van der Waals surface area contributed by atoms with E-state index in [0.717, 1.165) is 5.56 Å². The van der Waals surface area contributed by atoms with Crippen molar-refractivity contribution in [2.75, 3.05) is 14.2 Å². The summed E-state index contributed by atoms with van der Waals surface area (Å²) in [5.41, 5.74) is 1.03. The molecule has 0 saturated heterocycles. The Morgan fingerprint density at radius 2 is 1.00 bits per heavy atom. The third-order valence-corrected chi connectivity index (χ3v) is 6.32. The molecule has 0 spiro atoms. The van der Waals surface area contributed by atoms with Gasteiger partial charge in [0.25, 0.3) is 0 Å². The molecule has 0 saturated carbocycles. The third kappa shape index (κ3) is 3.73. The van der Waals surface area contributed by atoms with E-state index in [0.29, 0.717) is 0 Å². The monoisotopic (exact) mass is 336 g/mol. The Morgan fingerprint density at radius 1 is 0.583 bits per heavy atom. The van der Waals surface area contributed by atoms with Crippen molar-refractivity contribution in [3.8, 4) is 0 Å². The third-order valence-electron chi connectivity index (χ3n) is 3.88. The number of hydrogen-bond donors (Lipinski definition) is 0. The van der Waals surface area contributed by atoms with Gasteiger partial charge in [-0.05, 0) is 23.8 Å². The highest BCUT2D eigenvalue weighted by Crippen LogP contribution is 2.33. The fourth-order valence-electron chi connectivity index (χ4n) is 2.75. The molecular formula is C21H21O2P. The minimum Gasteiger partial charge on any atom is -0.352 e. The van der Waals surface area contributed by atoms with Gasteiger partial charge < -0.3 is 9.47 Å². The fourth-order valence-corrected chi connectivity index (χ4v) is 5.03. The summed E-state index contributed by atoms with van der Waals surface area (Å²) in [5.74, 6) is 0.